The lowest BCUT2D eigenvalue weighted by atomic mass is 10.1. The number of rotatable bonds is 6. The van der Waals surface area contributed by atoms with Gasteiger partial charge in [-0.15, -0.1) is 0 Å². The Morgan fingerprint density at radius 3 is 2.39 bits per heavy atom. The molecule has 0 saturated carbocycles. The molecule has 0 bridgehead atoms. The number of carbonyl (C=O) groups excluding carboxylic acids is 2. The van der Waals surface area contributed by atoms with Crippen LogP contribution in [0.15, 0.2) is 65.3 Å². The number of hydrazone groups is 1. The highest BCUT2D eigenvalue weighted by Gasteiger charge is 2.36. The number of hydrogen-bond acceptors (Lipinski definition) is 4. The fourth-order valence-electron chi connectivity index (χ4n) is 2.80. The van der Waals surface area contributed by atoms with Gasteiger partial charge in [-0.3, -0.25) is 9.59 Å². The van der Waals surface area contributed by atoms with Crippen molar-refractivity contribution < 1.29 is 14.3 Å². The molecule has 6 nitrogen and oxygen atoms in total. The smallest absolute Gasteiger partial charge is 0.280 e. The summed E-state index contributed by atoms with van der Waals surface area (Å²) in [6.07, 6.45) is 0.820. The zero-order valence-corrected chi connectivity index (χ0v) is 19.1. The summed E-state index contributed by atoms with van der Waals surface area (Å²) in [4.78, 5) is 24.5. The maximum absolute atomic E-state index is 12.8. The van der Waals surface area contributed by atoms with Crippen molar-refractivity contribution in [3.63, 3.8) is 0 Å². The zero-order chi connectivity index (χ0) is 22.6. The summed E-state index contributed by atoms with van der Waals surface area (Å²) in [5.41, 5.74) is 2.58. The van der Waals surface area contributed by atoms with E-state index in [4.69, 9.17) is 39.5 Å². The summed E-state index contributed by atoms with van der Waals surface area (Å²) < 4.78 is 3.80. The van der Waals surface area contributed by atoms with E-state index in [1.807, 2.05) is 30.3 Å². The van der Waals surface area contributed by atoms with Gasteiger partial charge in [0.15, 0.2) is 0 Å². The third kappa shape index (κ3) is 5.79. The second-order valence-corrected chi connectivity index (χ2v) is 9.09. The number of benzene rings is 2. The summed E-state index contributed by atoms with van der Waals surface area (Å²) in [5.74, 6) is -0.123. The number of anilines is 1. The van der Waals surface area contributed by atoms with Crippen LogP contribution < -0.4 is 15.1 Å². The highest BCUT2D eigenvalue weighted by atomic mass is 35.6. The van der Waals surface area contributed by atoms with E-state index in [0.29, 0.717) is 22.7 Å². The fraction of sp³-hybridized carbons (Fsp3) is 0.227. The second kappa shape index (κ2) is 9.73. The van der Waals surface area contributed by atoms with Gasteiger partial charge in [0.2, 0.25) is 15.9 Å². The Morgan fingerprint density at radius 1 is 1.16 bits per heavy atom. The Kier molecular flexibility index (Phi) is 7.26. The SMILES string of the molecule is CCC(=O)N[C@@H](Oc1ccc(/C=C2/C(=O)N(c3ccccc3)N=C2C)cc1)C(Cl)(Cl)Cl. The Labute approximate surface area is 195 Å². The first kappa shape index (κ1) is 23.1. The molecule has 0 unspecified atom stereocenters. The van der Waals surface area contributed by atoms with Crippen LogP contribution in [0.4, 0.5) is 5.69 Å². The van der Waals surface area contributed by atoms with Gasteiger partial charge in [0, 0.05) is 6.42 Å². The molecule has 0 saturated heterocycles. The van der Waals surface area contributed by atoms with Crippen LogP contribution >= 0.6 is 34.8 Å². The number of hydrogen-bond donors (Lipinski definition) is 1. The standard InChI is InChI=1S/C22H20Cl3N3O3/c1-3-19(29)26-21(22(23,24)25)31-17-11-9-15(10-12-17)13-18-14(2)27-28(20(18)30)16-7-5-4-6-8-16/h4-13,21H,3H2,1-2H3,(H,26,29)/b18-13+/t21-/m0/s1. The molecule has 0 aromatic heterocycles. The summed E-state index contributed by atoms with van der Waals surface area (Å²) in [6, 6.07) is 16.1. The van der Waals surface area contributed by atoms with Gasteiger partial charge in [0.1, 0.15) is 5.75 Å². The molecule has 1 aliphatic heterocycles. The van der Waals surface area contributed by atoms with Crippen LogP contribution in [-0.2, 0) is 9.59 Å². The first-order valence-corrected chi connectivity index (χ1v) is 10.6. The number of carbonyl (C=O) groups is 2. The number of ether oxygens (including phenoxy) is 1. The van der Waals surface area contributed by atoms with Crippen LogP contribution in [0.1, 0.15) is 25.8 Å². The van der Waals surface area contributed by atoms with Gasteiger partial charge >= 0.3 is 0 Å². The molecule has 2 amide bonds. The van der Waals surface area contributed by atoms with Crippen LogP contribution in [0.5, 0.6) is 5.75 Å². The average Bonchev–Trinajstić information content (AvgIpc) is 3.02. The lowest BCUT2D eigenvalue weighted by molar-refractivity contribution is -0.123. The second-order valence-electron chi connectivity index (χ2n) is 6.73. The molecule has 3 rings (SSSR count). The molecule has 1 aliphatic rings. The number of nitrogens with zero attached hydrogens (tertiary/aromatic N) is 2. The molecule has 1 atom stereocenters. The summed E-state index contributed by atoms with van der Waals surface area (Å²) in [6.45, 7) is 3.47. The summed E-state index contributed by atoms with van der Waals surface area (Å²) >= 11 is 17.8. The zero-order valence-electron chi connectivity index (χ0n) is 16.8. The van der Waals surface area contributed by atoms with Gasteiger partial charge in [-0.25, -0.2) is 0 Å². The molecule has 2 aromatic carbocycles. The lowest BCUT2D eigenvalue weighted by Crippen LogP contribution is -2.47. The maximum Gasteiger partial charge on any atom is 0.280 e. The molecule has 9 heteroatoms. The molecule has 162 valence electrons. The number of halogens is 3. The summed E-state index contributed by atoms with van der Waals surface area (Å²) in [5, 5.41) is 8.26. The van der Waals surface area contributed by atoms with E-state index in [2.05, 4.69) is 10.4 Å². The Hall–Kier alpha value is -2.54. The van der Waals surface area contributed by atoms with Crippen molar-refractivity contribution in [2.75, 3.05) is 5.01 Å². The predicted molar refractivity (Wildman–Crippen MR) is 125 cm³/mol. The minimum absolute atomic E-state index is 0.206. The molecule has 0 aliphatic carbocycles. The van der Waals surface area contributed by atoms with E-state index in [1.54, 1.807) is 44.2 Å². The predicted octanol–water partition coefficient (Wildman–Crippen LogP) is 5.09. The first-order valence-electron chi connectivity index (χ1n) is 9.48. The third-order valence-electron chi connectivity index (χ3n) is 4.42. The Morgan fingerprint density at radius 2 is 1.81 bits per heavy atom. The molecular weight excluding hydrogens is 461 g/mol. The number of amides is 2. The van der Waals surface area contributed by atoms with Gasteiger partial charge in [-0.2, -0.15) is 10.1 Å². The monoisotopic (exact) mass is 479 g/mol. The quantitative estimate of drug-likeness (QED) is 0.355. The van der Waals surface area contributed by atoms with Gasteiger partial charge in [0.25, 0.3) is 5.91 Å². The Balaban J connectivity index is 1.75. The number of nitrogens with one attached hydrogen (secondary N) is 1. The average molecular weight is 481 g/mol. The highest BCUT2D eigenvalue weighted by Crippen LogP contribution is 2.32. The fourth-order valence-corrected chi connectivity index (χ4v) is 3.10. The van der Waals surface area contributed by atoms with E-state index in [1.165, 1.54) is 5.01 Å². The van der Waals surface area contributed by atoms with E-state index < -0.39 is 10.0 Å². The molecule has 0 radical (unpaired) electrons. The number of alkyl halides is 3. The first-order chi connectivity index (χ1) is 14.7. The van der Waals surface area contributed by atoms with Crippen molar-refractivity contribution >= 4 is 64.1 Å². The minimum Gasteiger partial charge on any atom is -0.466 e. The minimum atomic E-state index is -1.85. The van der Waals surface area contributed by atoms with Crippen LogP contribution in [0, 0.1) is 0 Å². The normalized spacial score (nSPS) is 16.3. The molecule has 1 heterocycles. The molecule has 2 aromatic rings. The van der Waals surface area contributed by atoms with Gasteiger partial charge in [0.05, 0.1) is 17.0 Å². The summed E-state index contributed by atoms with van der Waals surface area (Å²) in [7, 11) is 0. The van der Waals surface area contributed by atoms with E-state index in [0.717, 1.165) is 5.56 Å². The van der Waals surface area contributed by atoms with Crippen molar-refractivity contribution in [2.45, 2.75) is 30.3 Å². The van der Waals surface area contributed by atoms with E-state index in [-0.39, 0.29) is 18.2 Å². The molecule has 0 spiro atoms. The van der Waals surface area contributed by atoms with Crippen LogP contribution in [0.3, 0.4) is 0 Å². The molecule has 1 N–H and O–H groups in total. The van der Waals surface area contributed by atoms with Crippen LogP contribution in [-0.4, -0.2) is 27.5 Å². The topological polar surface area (TPSA) is 71.0 Å². The van der Waals surface area contributed by atoms with Crippen molar-refractivity contribution in [1.29, 1.82) is 0 Å². The van der Waals surface area contributed by atoms with Gasteiger partial charge in [-0.05, 0) is 42.8 Å². The van der Waals surface area contributed by atoms with Gasteiger partial charge < -0.3 is 10.1 Å². The highest BCUT2D eigenvalue weighted by molar-refractivity contribution is 6.68. The lowest BCUT2D eigenvalue weighted by Gasteiger charge is -2.26. The van der Waals surface area contributed by atoms with Crippen molar-refractivity contribution in [3.8, 4) is 5.75 Å². The maximum atomic E-state index is 12.8. The number of para-hydroxylation sites is 1. The van der Waals surface area contributed by atoms with Crippen LogP contribution in [0.2, 0.25) is 0 Å². The van der Waals surface area contributed by atoms with Crippen molar-refractivity contribution in [1.82, 2.24) is 5.32 Å². The van der Waals surface area contributed by atoms with Crippen LogP contribution in [0.25, 0.3) is 6.08 Å². The van der Waals surface area contributed by atoms with E-state index in [9.17, 15) is 9.59 Å². The van der Waals surface area contributed by atoms with Crippen molar-refractivity contribution in [2.24, 2.45) is 5.10 Å². The molecule has 0 fully saturated rings. The third-order valence-corrected chi connectivity index (χ3v) is 5.01. The molecule has 31 heavy (non-hydrogen) atoms. The Bertz CT molecular complexity index is 1020. The van der Waals surface area contributed by atoms with Gasteiger partial charge in [-0.1, -0.05) is 72.1 Å². The molecular formula is C22H20Cl3N3O3. The van der Waals surface area contributed by atoms with E-state index >= 15 is 0 Å². The van der Waals surface area contributed by atoms with Crippen molar-refractivity contribution in [3.05, 3.63) is 65.7 Å². The largest absolute Gasteiger partial charge is 0.466 e.